The lowest BCUT2D eigenvalue weighted by Gasteiger charge is -2.20. The van der Waals surface area contributed by atoms with Gasteiger partial charge < -0.3 is 4.74 Å². The van der Waals surface area contributed by atoms with Crippen LogP contribution in [0.5, 0.6) is 0 Å². The van der Waals surface area contributed by atoms with Gasteiger partial charge in [-0.1, -0.05) is 6.92 Å². The summed E-state index contributed by atoms with van der Waals surface area (Å²) < 4.78 is 5.28. The standard InChI is InChI=1S/C10H18O2S/c1-2-13-7-3-4-9-8-12-6-5-10(9)11/h9H,2-8H2,1H3. The second-order valence-corrected chi connectivity index (χ2v) is 4.72. The predicted octanol–water partition coefficient (Wildman–Crippen LogP) is 2.13. The molecule has 1 heterocycles. The number of carbonyl (C=O) groups is 1. The van der Waals surface area contributed by atoms with Crippen LogP contribution in [0.1, 0.15) is 26.2 Å². The highest BCUT2D eigenvalue weighted by Crippen LogP contribution is 2.17. The lowest BCUT2D eigenvalue weighted by atomic mass is 9.96. The van der Waals surface area contributed by atoms with E-state index < -0.39 is 0 Å². The number of ether oxygens (including phenoxy) is 1. The molecule has 2 nitrogen and oxygen atoms in total. The minimum absolute atomic E-state index is 0.200. The van der Waals surface area contributed by atoms with E-state index in [1.165, 1.54) is 11.5 Å². The topological polar surface area (TPSA) is 26.3 Å². The van der Waals surface area contributed by atoms with Crippen LogP contribution in [0.25, 0.3) is 0 Å². The first-order chi connectivity index (χ1) is 6.34. The number of hydrogen-bond donors (Lipinski definition) is 0. The first kappa shape index (κ1) is 11.1. The maximum atomic E-state index is 11.4. The maximum absolute atomic E-state index is 11.4. The minimum atomic E-state index is 0.200. The largest absolute Gasteiger partial charge is 0.380 e. The molecule has 0 radical (unpaired) electrons. The highest BCUT2D eigenvalue weighted by atomic mass is 32.2. The highest BCUT2D eigenvalue weighted by Gasteiger charge is 2.21. The number of thioether (sulfide) groups is 1. The van der Waals surface area contributed by atoms with Gasteiger partial charge >= 0.3 is 0 Å². The molecule has 1 unspecified atom stereocenters. The van der Waals surface area contributed by atoms with Crippen molar-refractivity contribution in [3.05, 3.63) is 0 Å². The van der Waals surface area contributed by atoms with Crippen LogP contribution < -0.4 is 0 Å². The number of rotatable bonds is 5. The Bertz CT molecular complexity index is 159. The molecule has 0 aromatic rings. The summed E-state index contributed by atoms with van der Waals surface area (Å²) in [6.07, 6.45) is 2.80. The summed E-state index contributed by atoms with van der Waals surface area (Å²) in [4.78, 5) is 11.4. The van der Waals surface area contributed by atoms with Gasteiger partial charge in [0.1, 0.15) is 5.78 Å². The molecule has 0 saturated carbocycles. The number of Topliss-reactive ketones (excluding diaryl/α,β-unsaturated/α-hetero) is 1. The normalized spacial score (nSPS) is 23.5. The number of carbonyl (C=O) groups excluding carboxylic acids is 1. The second-order valence-electron chi connectivity index (χ2n) is 3.33. The molecule has 0 amide bonds. The summed E-state index contributed by atoms with van der Waals surface area (Å²) >= 11 is 1.95. The van der Waals surface area contributed by atoms with Crippen molar-refractivity contribution in [2.45, 2.75) is 26.2 Å². The van der Waals surface area contributed by atoms with Gasteiger partial charge in [0.15, 0.2) is 0 Å². The van der Waals surface area contributed by atoms with E-state index in [1.807, 2.05) is 11.8 Å². The van der Waals surface area contributed by atoms with E-state index >= 15 is 0 Å². The summed E-state index contributed by atoms with van der Waals surface area (Å²) in [5.41, 5.74) is 0. The van der Waals surface area contributed by atoms with Crippen LogP contribution in [0.4, 0.5) is 0 Å². The van der Waals surface area contributed by atoms with Gasteiger partial charge in [0.05, 0.1) is 13.2 Å². The van der Waals surface area contributed by atoms with Crippen molar-refractivity contribution in [1.82, 2.24) is 0 Å². The van der Waals surface area contributed by atoms with Crippen molar-refractivity contribution in [1.29, 1.82) is 0 Å². The first-order valence-corrected chi connectivity index (χ1v) is 6.18. The fraction of sp³-hybridized carbons (Fsp3) is 0.900. The molecule has 0 N–H and O–H groups in total. The molecule has 1 aliphatic heterocycles. The first-order valence-electron chi connectivity index (χ1n) is 5.02. The summed E-state index contributed by atoms with van der Waals surface area (Å²) in [7, 11) is 0. The molecule has 0 aromatic carbocycles. The third-order valence-electron chi connectivity index (χ3n) is 2.31. The van der Waals surface area contributed by atoms with Crippen molar-refractivity contribution in [3.8, 4) is 0 Å². The summed E-state index contributed by atoms with van der Waals surface area (Å²) in [6.45, 7) is 3.47. The Morgan fingerprint density at radius 1 is 1.62 bits per heavy atom. The monoisotopic (exact) mass is 202 g/mol. The van der Waals surface area contributed by atoms with Gasteiger partial charge in [-0.2, -0.15) is 11.8 Å². The molecule has 76 valence electrons. The molecule has 13 heavy (non-hydrogen) atoms. The molecule has 3 heteroatoms. The van der Waals surface area contributed by atoms with Crippen molar-refractivity contribution in [3.63, 3.8) is 0 Å². The Hall–Kier alpha value is -0.0200. The van der Waals surface area contributed by atoms with Gasteiger partial charge in [-0.25, -0.2) is 0 Å². The Labute approximate surface area is 84.4 Å². The molecule has 1 atom stereocenters. The SMILES string of the molecule is CCSCCCC1COCCC1=O. The fourth-order valence-electron chi connectivity index (χ4n) is 1.52. The maximum Gasteiger partial charge on any atom is 0.140 e. The average molecular weight is 202 g/mol. The molecule has 1 fully saturated rings. The summed E-state index contributed by atoms with van der Waals surface area (Å²) in [5, 5.41) is 0. The third kappa shape index (κ3) is 4.14. The van der Waals surface area contributed by atoms with Crippen molar-refractivity contribution in [2.24, 2.45) is 5.92 Å². The lowest BCUT2D eigenvalue weighted by molar-refractivity contribution is -0.130. The van der Waals surface area contributed by atoms with Crippen LogP contribution in [0, 0.1) is 5.92 Å². The van der Waals surface area contributed by atoms with E-state index in [-0.39, 0.29) is 5.92 Å². The Kier molecular flexibility index (Phi) is 5.47. The minimum Gasteiger partial charge on any atom is -0.380 e. The molecule has 0 bridgehead atoms. The van der Waals surface area contributed by atoms with E-state index in [9.17, 15) is 4.79 Å². The molecule has 1 aliphatic rings. The molecule has 0 aromatic heterocycles. The van der Waals surface area contributed by atoms with Gasteiger partial charge in [-0.15, -0.1) is 0 Å². The summed E-state index contributed by atoms with van der Waals surface area (Å²) in [6, 6.07) is 0. The smallest absolute Gasteiger partial charge is 0.140 e. The van der Waals surface area contributed by atoms with Gasteiger partial charge in [-0.05, 0) is 24.3 Å². The Morgan fingerprint density at radius 3 is 3.15 bits per heavy atom. The van der Waals surface area contributed by atoms with Gasteiger partial charge in [0, 0.05) is 12.3 Å². The third-order valence-corrected chi connectivity index (χ3v) is 3.30. The lowest BCUT2D eigenvalue weighted by Crippen LogP contribution is -2.27. The summed E-state index contributed by atoms with van der Waals surface area (Å²) in [5.74, 6) is 2.97. The Balaban J connectivity index is 2.08. The van der Waals surface area contributed by atoms with Crippen LogP contribution in [0.3, 0.4) is 0 Å². The van der Waals surface area contributed by atoms with E-state index in [2.05, 4.69) is 6.92 Å². The Morgan fingerprint density at radius 2 is 2.46 bits per heavy atom. The highest BCUT2D eigenvalue weighted by molar-refractivity contribution is 7.99. The van der Waals surface area contributed by atoms with Crippen LogP contribution in [0.2, 0.25) is 0 Å². The van der Waals surface area contributed by atoms with E-state index in [0.717, 1.165) is 12.8 Å². The molecule has 1 saturated heterocycles. The molecule has 1 rings (SSSR count). The second kappa shape index (κ2) is 6.44. The number of hydrogen-bond acceptors (Lipinski definition) is 3. The molecular formula is C10H18O2S. The van der Waals surface area contributed by atoms with Crippen LogP contribution in [-0.4, -0.2) is 30.5 Å². The van der Waals surface area contributed by atoms with Gasteiger partial charge in [0.2, 0.25) is 0 Å². The van der Waals surface area contributed by atoms with Crippen molar-refractivity contribution in [2.75, 3.05) is 24.7 Å². The van der Waals surface area contributed by atoms with Gasteiger partial charge in [-0.3, -0.25) is 4.79 Å². The van der Waals surface area contributed by atoms with Crippen LogP contribution in [0.15, 0.2) is 0 Å². The number of ketones is 1. The van der Waals surface area contributed by atoms with E-state index in [1.54, 1.807) is 0 Å². The van der Waals surface area contributed by atoms with Crippen molar-refractivity contribution < 1.29 is 9.53 Å². The zero-order valence-corrected chi connectivity index (χ0v) is 9.07. The van der Waals surface area contributed by atoms with Crippen LogP contribution >= 0.6 is 11.8 Å². The molecule has 0 aliphatic carbocycles. The fourth-order valence-corrected chi connectivity index (χ4v) is 2.18. The van der Waals surface area contributed by atoms with E-state index in [0.29, 0.717) is 25.4 Å². The zero-order valence-electron chi connectivity index (χ0n) is 8.25. The van der Waals surface area contributed by atoms with Gasteiger partial charge in [0.25, 0.3) is 0 Å². The van der Waals surface area contributed by atoms with E-state index in [4.69, 9.17) is 4.74 Å². The molecular weight excluding hydrogens is 184 g/mol. The van der Waals surface area contributed by atoms with Crippen LogP contribution in [-0.2, 0) is 9.53 Å². The van der Waals surface area contributed by atoms with Crippen molar-refractivity contribution >= 4 is 17.5 Å². The zero-order chi connectivity index (χ0) is 9.52. The molecule has 0 spiro atoms. The quantitative estimate of drug-likeness (QED) is 0.639. The average Bonchev–Trinajstić information content (AvgIpc) is 2.15. The predicted molar refractivity (Wildman–Crippen MR) is 56.2 cm³/mol.